The van der Waals surface area contributed by atoms with Gasteiger partial charge in [-0.15, -0.1) is 0 Å². The number of nitrogens with zero attached hydrogens (tertiary/aromatic N) is 1. The fourth-order valence-electron chi connectivity index (χ4n) is 2.45. The average molecular weight is 429 g/mol. The third-order valence-electron chi connectivity index (χ3n) is 3.89. The third-order valence-corrected chi connectivity index (χ3v) is 4.50. The Morgan fingerprint density at radius 1 is 1.07 bits per heavy atom. The Morgan fingerprint density at radius 3 is 2.56 bits per heavy atom. The predicted octanol–water partition coefficient (Wildman–Crippen LogP) is 4.42. The van der Waals surface area contributed by atoms with Crippen molar-refractivity contribution in [2.75, 3.05) is 0 Å². The van der Waals surface area contributed by atoms with Gasteiger partial charge in [0, 0.05) is 24.5 Å². The Balaban J connectivity index is 1.46. The van der Waals surface area contributed by atoms with E-state index >= 15 is 0 Å². The first-order valence-electron chi connectivity index (χ1n) is 8.41. The summed E-state index contributed by atoms with van der Waals surface area (Å²) in [5.41, 5.74) is 2.72. The monoisotopic (exact) mass is 428 g/mol. The minimum atomic E-state index is -0.343. The van der Waals surface area contributed by atoms with Crippen molar-refractivity contribution in [3.63, 3.8) is 0 Å². The molecule has 0 aliphatic heterocycles. The number of benzene rings is 2. The number of halogens is 2. The summed E-state index contributed by atoms with van der Waals surface area (Å²) in [6.45, 7) is 0.876. The molecule has 0 spiro atoms. The van der Waals surface area contributed by atoms with Crippen molar-refractivity contribution in [1.82, 2.24) is 10.3 Å². The van der Waals surface area contributed by atoms with Crippen molar-refractivity contribution in [2.24, 2.45) is 0 Å². The number of amides is 1. The van der Waals surface area contributed by atoms with Crippen LogP contribution in [0.15, 0.2) is 71.5 Å². The fourth-order valence-corrected chi connectivity index (χ4v) is 2.88. The van der Waals surface area contributed by atoms with Crippen LogP contribution in [0.25, 0.3) is 0 Å². The van der Waals surface area contributed by atoms with E-state index in [-0.39, 0.29) is 18.1 Å². The number of hydrogen-bond acceptors (Lipinski definition) is 3. The average Bonchev–Trinajstić information content (AvgIpc) is 2.69. The quantitative estimate of drug-likeness (QED) is 0.605. The molecule has 1 heterocycles. The number of hydrogen-bond donors (Lipinski definition) is 1. The van der Waals surface area contributed by atoms with Gasteiger partial charge in [0.25, 0.3) is 0 Å². The highest BCUT2D eigenvalue weighted by Crippen LogP contribution is 2.17. The zero-order chi connectivity index (χ0) is 19.1. The van der Waals surface area contributed by atoms with Gasteiger partial charge in [-0.2, -0.15) is 0 Å². The van der Waals surface area contributed by atoms with Gasteiger partial charge in [0.05, 0.1) is 10.9 Å². The highest BCUT2D eigenvalue weighted by Gasteiger charge is 2.06. The molecule has 0 radical (unpaired) electrons. The second-order valence-electron chi connectivity index (χ2n) is 6.00. The topological polar surface area (TPSA) is 51.2 Å². The molecule has 2 aromatic carbocycles. The van der Waals surface area contributed by atoms with Crippen LogP contribution in [0.1, 0.15) is 16.7 Å². The van der Waals surface area contributed by atoms with Crippen LogP contribution in [0.2, 0.25) is 0 Å². The molecule has 0 atom stereocenters. The van der Waals surface area contributed by atoms with Gasteiger partial charge in [0.2, 0.25) is 5.91 Å². The number of ether oxygens (including phenoxy) is 1. The van der Waals surface area contributed by atoms with Crippen molar-refractivity contribution in [3.05, 3.63) is 94.0 Å². The summed E-state index contributed by atoms with van der Waals surface area (Å²) in [6.07, 6.45) is 3.69. The van der Waals surface area contributed by atoms with Crippen molar-refractivity contribution in [1.29, 1.82) is 0 Å². The molecular formula is C21H18BrFN2O2. The van der Waals surface area contributed by atoms with E-state index in [0.29, 0.717) is 17.6 Å². The van der Waals surface area contributed by atoms with Crippen molar-refractivity contribution < 1.29 is 13.9 Å². The summed E-state index contributed by atoms with van der Waals surface area (Å²) in [7, 11) is 0. The van der Waals surface area contributed by atoms with Crippen LogP contribution in [0.3, 0.4) is 0 Å². The van der Waals surface area contributed by atoms with E-state index in [1.807, 2.05) is 36.4 Å². The molecule has 1 amide bonds. The smallest absolute Gasteiger partial charge is 0.224 e. The van der Waals surface area contributed by atoms with Crippen molar-refractivity contribution in [2.45, 2.75) is 19.6 Å². The maximum absolute atomic E-state index is 13.2. The van der Waals surface area contributed by atoms with Gasteiger partial charge >= 0.3 is 0 Å². The molecule has 1 aromatic heterocycles. The summed E-state index contributed by atoms with van der Waals surface area (Å²) in [5, 5.41) is 2.86. The zero-order valence-corrected chi connectivity index (χ0v) is 16.1. The van der Waals surface area contributed by atoms with Gasteiger partial charge in [0.1, 0.15) is 18.2 Å². The number of aromatic nitrogens is 1. The molecule has 0 saturated heterocycles. The van der Waals surface area contributed by atoms with E-state index in [1.165, 1.54) is 6.07 Å². The number of pyridine rings is 1. The SMILES string of the molecule is O=C(Cc1ccc(F)c(Br)c1)NCc1ccc(OCc2cccnc2)cc1. The number of rotatable bonds is 7. The first-order valence-corrected chi connectivity index (χ1v) is 9.21. The lowest BCUT2D eigenvalue weighted by molar-refractivity contribution is -0.120. The van der Waals surface area contributed by atoms with Gasteiger partial charge in [-0.1, -0.05) is 24.3 Å². The molecule has 0 bridgehead atoms. The molecule has 0 aliphatic rings. The van der Waals surface area contributed by atoms with Crippen LogP contribution >= 0.6 is 15.9 Å². The molecule has 0 unspecified atom stereocenters. The lowest BCUT2D eigenvalue weighted by Gasteiger charge is -2.09. The lowest BCUT2D eigenvalue weighted by Crippen LogP contribution is -2.24. The Labute approximate surface area is 165 Å². The lowest BCUT2D eigenvalue weighted by atomic mass is 10.1. The predicted molar refractivity (Wildman–Crippen MR) is 105 cm³/mol. The Kier molecular flexibility index (Phi) is 6.54. The molecule has 1 N–H and O–H groups in total. The molecule has 138 valence electrons. The second-order valence-corrected chi connectivity index (χ2v) is 6.85. The Hall–Kier alpha value is -2.73. The van der Waals surface area contributed by atoms with Crippen LogP contribution in [0.5, 0.6) is 5.75 Å². The van der Waals surface area contributed by atoms with Crippen LogP contribution in [0, 0.1) is 5.82 Å². The Bertz CT molecular complexity index is 902. The van der Waals surface area contributed by atoms with Crippen LogP contribution in [-0.2, 0) is 24.4 Å². The molecule has 3 aromatic rings. The summed E-state index contributed by atoms with van der Waals surface area (Å²) in [4.78, 5) is 16.1. The molecule has 0 aliphatic carbocycles. The van der Waals surface area contributed by atoms with Crippen LogP contribution < -0.4 is 10.1 Å². The van der Waals surface area contributed by atoms with E-state index in [1.54, 1.807) is 24.5 Å². The first kappa shape index (κ1) is 19.0. The summed E-state index contributed by atoms with van der Waals surface area (Å²) < 4.78 is 19.3. The standard InChI is InChI=1S/C21H18BrFN2O2/c22-19-10-16(5-8-20(19)23)11-21(26)25-13-15-3-6-18(7-4-15)27-14-17-2-1-9-24-12-17/h1-10,12H,11,13-14H2,(H,25,26). The molecule has 0 saturated carbocycles. The normalized spacial score (nSPS) is 10.4. The van der Waals surface area contributed by atoms with E-state index in [4.69, 9.17) is 4.74 Å². The molecule has 0 fully saturated rings. The molecule has 27 heavy (non-hydrogen) atoms. The maximum Gasteiger partial charge on any atom is 0.224 e. The van der Waals surface area contributed by atoms with Gasteiger partial charge in [-0.3, -0.25) is 9.78 Å². The van der Waals surface area contributed by atoms with Gasteiger partial charge < -0.3 is 10.1 Å². The minimum Gasteiger partial charge on any atom is -0.489 e. The second kappa shape index (κ2) is 9.28. The van der Waals surface area contributed by atoms with Gasteiger partial charge in [-0.05, 0) is 57.4 Å². The van der Waals surface area contributed by atoms with E-state index in [2.05, 4.69) is 26.2 Å². The maximum atomic E-state index is 13.2. The number of carbonyl (C=O) groups is 1. The molecule has 4 nitrogen and oxygen atoms in total. The summed E-state index contributed by atoms with van der Waals surface area (Å²) >= 11 is 3.12. The van der Waals surface area contributed by atoms with E-state index in [0.717, 1.165) is 22.4 Å². The molecule has 6 heteroatoms. The van der Waals surface area contributed by atoms with Crippen molar-refractivity contribution in [3.8, 4) is 5.75 Å². The number of nitrogens with one attached hydrogen (secondary N) is 1. The minimum absolute atomic E-state index is 0.120. The highest BCUT2D eigenvalue weighted by molar-refractivity contribution is 9.10. The molecular weight excluding hydrogens is 411 g/mol. The summed E-state index contributed by atoms with van der Waals surface area (Å²) in [5.74, 6) is 0.292. The van der Waals surface area contributed by atoms with Gasteiger partial charge in [-0.25, -0.2) is 4.39 Å². The largest absolute Gasteiger partial charge is 0.489 e. The zero-order valence-electron chi connectivity index (χ0n) is 14.5. The summed E-state index contributed by atoms with van der Waals surface area (Å²) in [6, 6.07) is 15.9. The van der Waals surface area contributed by atoms with E-state index in [9.17, 15) is 9.18 Å². The fraction of sp³-hybridized carbons (Fsp3) is 0.143. The van der Waals surface area contributed by atoms with Crippen LogP contribution in [-0.4, -0.2) is 10.9 Å². The van der Waals surface area contributed by atoms with Crippen LogP contribution in [0.4, 0.5) is 4.39 Å². The number of carbonyl (C=O) groups excluding carboxylic acids is 1. The highest BCUT2D eigenvalue weighted by atomic mass is 79.9. The van der Waals surface area contributed by atoms with E-state index < -0.39 is 0 Å². The first-order chi connectivity index (χ1) is 13.1. The van der Waals surface area contributed by atoms with Gasteiger partial charge in [0.15, 0.2) is 0 Å². The van der Waals surface area contributed by atoms with Crippen molar-refractivity contribution >= 4 is 21.8 Å². The Morgan fingerprint density at radius 2 is 1.85 bits per heavy atom. The third kappa shape index (κ3) is 5.89. The molecule has 3 rings (SSSR count).